The van der Waals surface area contributed by atoms with E-state index in [1.165, 1.54) is 11.1 Å². The second-order valence-electron chi connectivity index (χ2n) is 4.27. The molecule has 2 aromatic carbocycles. The quantitative estimate of drug-likeness (QED) is 0.890. The van der Waals surface area contributed by atoms with E-state index in [2.05, 4.69) is 82.8 Å². The van der Waals surface area contributed by atoms with Gasteiger partial charge in [-0.2, -0.15) is 0 Å². The van der Waals surface area contributed by atoms with E-state index in [-0.39, 0.29) is 0 Å². The van der Waals surface area contributed by atoms with Crippen LogP contribution in [-0.2, 0) is 6.54 Å². The Morgan fingerprint density at radius 3 is 2.53 bits per heavy atom. The van der Waals surface area contributed by atoms with E-state index in [1.54, 1.807) is 0 Å². The van der Waals surface area contributed by atoms with Gasteiger partial charge >= 0.3 is 0 Å². The van der Waals surface area contributed by atoms with Gasteiger partial charge in [-0.05, 0) is 19.1 Å². The lowest BCUT2D eigenvalue weighted by Gasteiger charge is -2.11. The lowest BCUT2D eigenvalue weighted by Crippen LogP contribution is -2.83. The molecule has 2 aromatic rings. The number of halogens is 1. The molecule has 0 aliphatic rings. The lowest BCUT2D eigenvalue weighted by molar-refractivity contribution is -0.707. The van der Waals surface area contributed by atoms with E-state index in [0.717, 1.165) is 11.0 Å². The summed E-state index contributed by atoms with van der Waals surface area (Å²) in [5.41, 5.74) is 2.73. The second-order valence-corrected chi connectivity index (χ2v) is 5.18. The summed E-state index contributed by atoms with van der Waals surface area (Å²) in [7, 11) is 0. The summed E-state index contributed by atoms with van der Waals surface area (Å²) in [6, 6.07) is 19.6. The molecule has 88 valence electrons. The van der Waals surface area contributed by atoms with Crippen molar-refractivity contribution in [2.24, 2.45) is 0 Å². The van der Waals surface area contributed by atoms with Crippen LogP contribution < -0.4 is 5.32 Å². The zero-order valence-corrected chi connectivity index (χ0v) is 11.5. The Labute approximate surface area is 111 Å². The molecular formula is C15H17BrN+. The van der Waals surface area contributed by atoms with Gasteiger partial charge in [-0.3, -0.25) is 0 Å². The Hall–Kier alpha value is -1.12. The van der Waals surface area contributed by atoms with Crippen LogP contribution >= 0.6 is 15.9 Å². The summed E-state index contributed by atoms with van der Waals surface area (Å²) in [6.07, 6.45) is 0. The van der Waals surface area contributed by atoms with Crippen LogP contribution in [0.2, 0.25) is 0 Å². The Balaban J connectivity index is 1.95. The van der Waals surface area contributed by atoms with Crippen LogP contribution in [0.4, 0.5) is 0 Å². The number of benzene rings is 2. The molecule has 0 amide bonds. The third kappa shape index (κ3) is 3.69. The molecule has 0 heterocycles. The molecule has 1 nitrogen and oxygen atoms in total. The van der Waals surface area contributed by atoms with Crippen LogP contribution in [0.5, 0.6) is 0 Å². The lowest BCUT2D eigenvalue weighted by atomic mass is 10.1. The van der Waals surface area contributed by atoms with Crippen LogP contribution in [0.15, 0.2) is 59.1 Å². The zero-order valence-electron chi connectivity index (χ0n) is 9.94. The minimum absolute atomic E-state index is 0.496. The SMILES string of the molecule is C[C@H]([NH2+]Cc1cccc(Br)c1)c1ccccc1. The fourth-order valence-electron chi connectivity index (χ4n) is 1.87. The van der Waals surface area contributed by atoms with Crippen molar-refractivity contribution in [3.63, 3.8) is 0 Å². The average Bonchev–Trinajstić information content (AvgIpc) is 2.37. The number of quaternary nitrogens is 1. The molecule has 0 saturated heterocycles. The first-order valence-corrected chi connectivity index (χ1v) is 6.68. The van der Waals surface area contributed by atoms with Gasteiger partial charge in [-0.15, -0.1) is 0 Å². The molecule has 0 aromatic heterocycles. The highest BCUT2D eigenvalue weighted by atomic mass is 79.9. The molecule has 0 fully saturated rings. The molecule has 0 spiro atoms. The van der Waals surface area contributed by atoms with E-state index < -0.39 is 0 Å². The predicted molar refractivity (Wildman–Crippen MR) is 74.6 cm³/mol. The summed E-state index contributed by atoms with van der Waals surface area (Å²) >= 11 is 3.50. The number of hydrogen-bond acceptors (Lipinski definition) is 0. The van der Waals surface area contributed by atoms with E-state index in [0.29, 0.717) is 6.04 Å². The number of hydrogen-bond donors (Lipinski definition) is 1. The first-order valence-electron chi connectivity index (χ1n) is 5.88. The third-order valence-electron chi connectivity index (χ3n) is 2.92. The number of nitrogens with two attached hydrogens (primary N) is 1. The van der Waals surface area contributed by atoms with Gasteiger partial charge in [0.15, 0.2) is 0 Å². The minimum atomic E-state index is 0.496. The van der Waals surface area contributed by atoms with Gasteiger partial charge < -0.3 is 5.32 Å². The van der Waals surface area contributed by atoms with Gasteiger partial charge in [0.2, 0.25) is 0 Å². The first-order chi connectivity index (χ1) is 8.25. The summed E-state index contributed by atoms with van der Waals surface area (Å²) in [5, 5.41) is 2.36. The summed E-state index contributed by atoms with van der Waals surface area (Å²) in [4.78, 5) is 0. The molecule has 0 saturated carbocycles. The molecule has 0 unspecified atom stereocenters. The van der Waals surface area contributed by atoms with Crippen molar-refractivity contribution in [1.29, 1.82) is 0 Å². The topological polar surface area (TPSA) is 16.6 Å². The van der Waals surface area contributed by atoms with Crippen molar-refractivity contribution in [1.82, 2.24) is 0 Å². The second kappa shape index (κ2) is 5.99. The Bertz CT molecular complexity index is 467. The van der Waals surface area contributed by atoms with Crippen LogP contribution in [0, 0.1) is 0 Å². The zero-order chi connectivity index (χ0) is 12.1. The Kier molecular flexibility index (Phi) is 4.35. The highest BCUT2D eigenvalue weighted by Crippen LogP contribution is 2.11. The van der Waals surface area contributed by atoms with E-state index in [1.807, 2.05) is 0 Å². The van der Waals surface area contributed by atoms with Gasteiger partial charge in [0.05, 0.1) is 0 Å². The molecule has 0 aliphatic carbocycles. The Morgan fingerprint density at radius 1 is 1.06 bits per heavy atom. The largest absolute Gasteiger partial charge is 0.337 e. The van der Waals surface area contributed by atoms with Gasteiger partial charge in [0.25, 0.3) is 0 Å². The third-order valence-corrected chi connectivity index (χ3v) is 3.41. The Morgan fingerprint density at radius 2 is 1.82 bits per heavy atom. The maximum atomic E-state index is 3.50. The fraction of sp³-hybridized carbons (Fsp3) is 0.200. The number of rotatable bonds is 4. The highest BCUT2D eigenvalue weighted by Gasteiger charge is 2.07. The van der Waals surface area contributed by atoms with E-state index in [9.17, 15) is 0 Å². The molecule has 0 radical (unpaired) electrons. The fourth-order valence-corrected chi connectivity index (χ4v) is 2.32. The van der Waals surface area contributed by atoms with Crippen molar-refractivity contribution in [3.05, 3.63) is 70.2 Å². The van der Waals surface area contributed by atoms with Crippen molar-refractivity contribution in [3.8, 4) is 0 Å². The van der Waals surface area contributed by atoms with Crippen molar-refractivity contribution in [2.75, 3.05) is 0 Å². The van der Waals surface area contributed by atoms with Crippen LogP contribution in [0.1, 0.15) is 24.1 Å². The minimum Gasteiger partial charge on any atom is -0.337 e. The molecule has 0 aliphatic heterocycles. The predicted octanol–water partition coefficient (Wildman–Crippen LogP) is 3.27. The molecule has 2 N–H and O–H groups in total. The van der Waals surface area contributed by atoms with Crippen molar-refractivity contribution >= 4 is 15.9 Å². The standard InChI is InChI=1S/C15H16BrN/c1-12(14-7-3-2-4-8-14)17-11-13-6-5-9-15(16)10-13/h2-10,12,17H,11H2,1H3/p+1/t12-/m0/s1. The molecule has 1 atom stereocenters. The van der Waals surface area contributed by atoms with Gasteiger partial charge in [-0.1, -0.05) is 58.4 Å². The molecule has 2 rings (SSSR count). The summed E-state index contributed by atoms with van der Waals surface area (Å²) < 4.78 is 1.15. The van der Waals surface area contributed by atoms with Crippen molar-refractivity contribution < 1.29 is 5.32 Å². The maximum absolute atomic E-state index is 3.50. The van der Waals surface area contributed by atoms with E-state index >= 15 is 0 Å². The normalized spacial score (nSPS) is 12.4. The van der Waals surface area contributed by atoms with Gasteiger partial charge in [-0.25, -0.2) is 0 Å². The molecule has 2 heteroatoms. The van der Waals surface area contributed by atoms with Gasteiger partial charge in [0.1, 0.15) is 12.6 Å². The highest BCUT2D eigenvalue weighted by molar-refractivity contribution is 9.10. The average molecular weight is 291 g/mol. The van der Waals surface area contributed by atoms with Crippen LogP contribution in [0.25, 0.3) is 0 Å². The van der Waals surface area contributed by atoms with Crippen LogP contribution in [0.3, 0.4) is 0 Å². The molecule has 17 heavy (non-hydrogen) atoms. The van der Waals surface area contributed by atoms with Crippen molar-refractivity contribution in [2.45, 2.75) is 19.5 Å². The molecule has 0 bridgehead atoms. The first kappa shape index (κ1) is 12.3. The van der Waals surface area contributed by atoms with Crippen LogP contribution in [-0.4, -0.2) is 0 Å². The smallest absolute Gasteiger partial charge is 0.109 e. The molecular weight excluding hydrogens is 274 g/mol. The summed E-state index contributed by atoms with van der Waals surface area (Å²) in [6.45, 7) is 3.25. The monoisotopic (exact) mass is 290 g/mol. The van der Waals surface area contributed by atoms with Gasteiger partial charge in [0, 0.05) is 15.6 Å². The summed E-state index contributed by atoms with van der Waals surface area (Å²) in [5.74, 6) is 0. The van der Waals surface area contributed by atoms with E-state index in [4.69, 9.17) is 0 Å². The maximum Gasteiger partial charge on any atom is 0.109 e.